The van der Waals surface area contributed by atoms with Crippen molar-refractivity contribution in [2.24, 2.45) is 0 Å². The Morgan fingerprint density at radius 3 is 2.45 bits per heavy atom. The van der Waals surface area contributed by atoms with Gasteiger partial charge in [-0.05, 0) is 6.92 Å². The first-order valence-electron chi connectivity index (χ1n) is 3.12. The van der Waals surface area contributed by atoms with Crippen LogP contribution in [0.4, 0.5) is 4.79 Å². The van der Waals surface area contributed by atoms with Gasteiger partial charge in [0.25, 0.3) is 0 Å². The minimum absolute atomic E-state index is 0.213. The lowest BCUT2D eigenvalue weighted by Gasteiger charge is -2.12. The van der Waals surface area contributed by atoms with Crippen LogP contribution in [0.25, 0.3) is 0 Å². The molecule has 0 aromatic carbocycles. The van der Waals surface area contributed by atoms with Gasteiger partial charge in [0.05, 0.1) is 6.61 Å². The molecule has 2 amide bonds. The molecule has 0 bridgehead atoms. The Labute approximate surface area is 70.1 Å². The molecule has 4 nitrogen and oxygen atoms in total. The van der Waals surface area contributed by atoms with E-state index in [1.54, 1.807) is 6.92 Å². The number of ether oxygens (including phenoxy) is 1. The molecule has 0 rings (SSSR count). The summed E-state index contributed by atoms with van der Waals surface area (Å²) in [6.07, 6.45) is -0.668. The molecule has 0 unspecified atom stereocenters. The minimum atomic E-state index is -0.668. The third kappa shape index (κ3) is 3.23. The smallest absolute Gasteiger partial charge is 0.416 e. The topological polar surface area (TPSA) is 46.6 Å². The maximum Gasteiger partial charge on any atom is 0.416 e. The molecule has 0 aromatic rings. The largest absolute Gasteiger partial charge is 0.449 e. The first-order valence-corrected chi connectivity index (χ1v) is 3.66. The number of halogens is 1. The van der Waals surface area contributed by atoms with Crippen molar-refractivity contribution in [1.82, 2.24) is 4.90 Å². The van der Waals surface area contributed by atoms with E-state index in [0.29, 0.717) is 0 Å². The monoisotopic (exact) mass is 179 g/mol. The Kier molecular flexibility index (Phi) is 4.61. The zero-order valence-corrected chi connectivity index (χ0v) is 7.22. The summed E-state index contributed by atoms with van der Waals surface area (Å²) in [6.45, 7) is 1.91. The number of amides is 2. The zero-order chi connectivity index (χ0) is 8.85. The van der Waals surface area contributed by atoms with E-state index in [9.17, 15) is 9.59 Å². The van der Waals surface area contributed by atoms with Crippen molar-refractivity contribution in [2.45, 2.75) is 6.92 Å². The second kappa shape index (κ2) is 4.96. The Morgan fingerprint density at radius 2 is 2.09 bits per heavy atom. The third-order valence-corrected chi connectivity index (χ3v) is 1.26. The molecule has 0 heterocycles. The van der Waals surface area contributed by atoms with E-state index in [-0.39, 0.29) is 12.5 Å². The summed E-state index contributed by atoms with van der Waals surface area (Å²) in [4.78, 5) is 22.3. The van der Waals surface area contributed by atoms with Gasteiger partial charge < -0.3 is 4.74 Å². The number of imide groups is 1. The van der Waals surface area contributed by atoms with Crippen molar-refractivity contribution in [3.63, 3.8) is 0 Å². The molecular formula is C6H10ClNO3. The van der Waals surface area contributed by atoms with E-state index in [1.807, 2.05) is 0 Å². The number of carbonyl (C=O) groups is 2. The summed E-state index contributed by atoms with van der Waals surface area (Å²) >= 11 is 5.19. The summed E-state index contributed by atoms with van der Waals surface area (Å²) < 4.78 is 4.53. The lowest BCUT2D eigenvalue weighted by Crippen LogP contribution is -2.34. The Morgan fingerprint density at radius 1 is 1.55 bits per heavy atom. The van der Waals surface area contributed by atoms with Gasteiger partial charge in [-0.3, -0.25) is 4.79 Å². The standard InChI is InChI=1S/C6H10ClNO3/c1-3-11-6(10)8(2)5(9)4-7/h3-4H2,1-2H3. The van der Waals surface area contributed by atoms with E-state index < -0.39 is 12.0 Å². The molecule has 0 saturated carbocycles. The number of rotatable bonds is 2. The van der Waals surface area contributed by atoms with Crippen molar-refractivity contribution in [2.75, 3.05) is 19.5 Å². The van der Waals surface area contributed by atoms with Gasteiger partial charge in [-0.2, -0.15) is 0 Å². The van der Waals surface area contributed by atoms with Crippen molar-refractivity contribution >= 4 is 23.6 Å². The van der Waals surface area contributed by atoms with Gasteiger partial charge in [0, 0.05) is 7.05 Å². The zero-order valence-electron chi connectivity index (χ0n) is 6.46. The molecule has 0 aliphatic rings. The SMILES string of the molecule is CCOC(=O)N(C)C(=O)CCl. The molecule has 0 saturated heterocycles. The summed E-state index contributed by atoms with van der Waals surface area (Å²) in [7, 11) is 1.32. The fraction of sp³-hybridized carbons (Fsp3) is 0.667. The minimum Gasteiger partial charge on any atom is -0.449 e. The highest BCUT2D eigenvalue weighted by molar-refractivity contribution is 6.28. The van der Waals surface area contributed by atoms with Gasteiger partial charge in [-0.1, -0.05) is 0 Å². The number of hydrogen-bond donors (Lipinski definition) is 0. The van der Waals surface area contributed by atoms with Gasteiger partial charge in [-0.25, -0.2) is 9.69 Å². The first-order chi connectivity index (χ1) is 5.13. The highest BCUT2D eigenvalue weighted by Gasteiger charge is 2.15. The number of hydrogen-bond acceptors (Lipinski definition) is 3. The Bertz CT molecular complexity index is 160. The van der Waals surface area contributed by atoms with Crippen molar-refractivity contribution in [3.05, 3.63) is 0 Å². The van der Waals surface area contributed by atoms with Gasteiger partial charge in [0.1, 0.15) is 5.88 Å². The summed E-state index contributed by atoms with van der Waals surface area (Å²) in [6, 6.07) is 0. The van der Waals surface area contributed by atoms with Crippen LogP contribution >= 0.6 is 11.6 Å². The number of nitrogens with zero attached hydrogens (tertiary/aromatic N) is 1. The summed E-state index contributed by atoms with van der Waals surface area (Å²) in [5, 5.41) is 0. The molecule has 0 spiro atoms. The van der Waals surface area contributed by atoms with Gasteiger partial charge in [0.2, 0.25) is 5.91 Å². The molecule has 0 aliphatic heterocycles. The summed E-state index contributed by atoms with van der Waals surface area (Å²) in [5.41, 5.74) is 0. The van der Waals surface area contributed by atoms with Gasteiger partial charge >= 0.3 is 6.09 Å². The van der Waals surface area contributed by atoms with Crippen molar-refractivity contribution < 1.29 is 14.3 Å². The molecule has 11 heavy (non-hydrogen) atoms. The lowest BCUT2D eigenvalue weighted by atomic mass is 10.6. The lowest BCUT2D eigenvalue weighted by molar-refractivity contribution is -0.125. The Hall–Kier alpha value is -0.770. The normalized spacial score (nSPS) is 9.00. The van der Waals surface area contributed by atoms with Crippen LogP contribution in [0.3, 0.4) is 0 Å². The molecule has 0 aromatic heterocycles. The molecule has 0 radical (unpaired) electrons. The second-order valence-electron chi connectivity index (χ2n) is 1.79. The van der Waals surface area contributed by atoms with Crippen LogP contribution in [0.15, 0.2) is 0 Å². The maximum absolute atomic E-state index is 10.8. The highest BCUT2D eigenvalue weighted by Crippen LogP contribution is 1.92. The highest BCUT2D eigenvalue weighted by atomic mass is 35.5. The average molecular weight is 180 g/mol. The average Bonchev–Trinajstić information content (AvgIpc) is 2.02. The van der Waals surface area contributed by atoms with Gasteiger partial charge in [-0.15, -0.1) is 11.6 Å². The molecule has 0 atom stereocenters. The molecule has 5 heteroatoms. The molecule has 64 valence electrons. The third-order valence-electron chi connectivity index (χ3n) is 1.03. The van der Waals surface area contributed by atoms with Crippen LogP contribution in [0, 0.1) is 0 Å². The molecular weight excluding hydrogens is 170 g/mol. The summed E-state index contributed by atoms with van der Waals surface area (Å²) in [5.74, 6) is -0.680. The van der Waals surface area contributed by atoms with E-state index >= 15 is 0 Å². The Balaban J connectivity index is 3.91. The van der Waals surface area contributed by atoms with Crippen molar-refractivity contribution in [1.29, 1.82) is 0 Å². The van der Waals surface area contributed by atoms with Crippen LogP contribution < -0.4 is 0 Å². The molecule has 0 N–H and O–H groups in total. The van der Waals surface area contributed by atoms with Gasteiger partial charge in [0.15, 0.2) is 0 Å². The van der Waals surface area contributed by atoms with E-state index in [2.05, 4.69) is 4.74 Å². The molecule has 0 fully saturated rings. The maximum atomic E-state index is 10.8. The first kappa shape index (κ1) is 10.2. The van der Waals surface area contributed by atoms with Crippen LogP contribution in [-0.2, 0) is 9.53 Å². The van der Waals surface area contributed by atoms with Crippen LogP contribution in [-0.4, -0.2) is 36.4 Å². The number of alkyl halides is 1. The second-order valence-corrected chi connectivity index (χ2v) is 2.05. The van der Waals surface area contributed by atoms with E-state index in [1.165, 1.54) is 7.05 Å². The predicted molar refractivity (Wildman–Crippen MR) is 40.5 cm³/mol. The fourth-order valence-electron chi connectivity index (χ4n) is 0.412. The van der Waals surface area contributed by atoms with E-state index in [4.69, 9.17) is 11.6 Å². The quantitative estimate of drug-likeness (QED) is 0.591. The fourth-order valence-corrected chi connectivity index (χ4v) is 0.591. The number of carbonyl (C=O) groups excluding carboxylic acids is 2. The van der Waals surface area contributed by atoms with Crippen molar-refractivity contribution in [3.8, 4) is 0 Å². The molecule has 0 aliphatic carbocycles. The predicted octanol–water partition coefficient (Wildman–Crippen LogP) is 0.840. The van der Waals surface area contributed by atoms with E-state index in [0.717, 1.165) is 4.90 Å². The van der Waals surface area contributed by atoms with Crippen LogP contribution in [0.5, 0.6) is 0 Å². The van der Waals surface area contributed by atoms with Crippen LogP contribution in [0.1, 0.15) is 6.92 Å². The van der Waals surface area contributed by atoms with Crippen LogP contribution in [0.2, 0.25) is 0 Å².